The van der Waals surface area contributed by atoms with E-state index in [-0.39, 0.29) is 11.4 Å². The third-order valence-corrected chi connectivity index (χ3v) is 5.66. The Kier molecular flexibility index (Phi) is 8.92. The summed E-state index contributed by atoms with van der Waals surface area (Å²) in [5, 5.41) is 73.6. The van der Waals surface area contributed by atoms with Crippen LogP contribution in [-0.4, -0.2) is 116 Å². The summed E-state index contributed by atoms with van der Waals surface area (Å²) >= 11 is 0. The molecule has 0 aliphatic carbocycles. The number of hydrogen-bond donors (Lipinski definition) is 7. The predicted octanol–water partition coefficient (Wildman–Crippen LogP) is -3.26. The van der Waals surface area contributed by atoms with E-state index in [1.54, 1.807) is 0 Å². The molecule has 2 aliphatic heterocycles. The Morgan fingerprint density at radius 1 is 0.971 bits per heavy atom. The summed E-state index contributed by atoms with van der Waals surface area (Å²) in [6.45, 7) is -0.262. The molecule has 0 radical (unpaired) electrons. The molecule has 10 atom stereocenters. The van der Waals surface area contributed by atoms with E-state index in [1.165, 1.54) is 31.2 Å². The van der Waals surface area contributed by atoms with Crippen LogP contribution in [0.25, 0.3) is 0 Å². The zero-order valence-electron chi connectivity index (χ0n) is 18.5. The molecule has 2 aliphatic rings. The minimum absolute atomic E-state index is 0.0932. The Morgan fingerprint density at radius 2 is 1.54 bits per heavy atom. The molecule has 0 unspecified atom stereocenters. The Bertz CT molecular complexity index is 869. The van der Waals surface area contributed by atoms with Crippen LogP contribution in [0.1, 0.15) is 6.92 Å². The lowest BCUT2D eigenvalue weighted by Gasteiger charge is -2.47. The molecule has 2 fully saturated rings. The average molecular weight is 504 g/mol. The molecule has 1 aromatic carbocycles. The molecule has 1 aromatic rings. The van der Waals surface area contributed by atoms with Gasteiger partial charge in [0.05, 0.1) is 18.1 Å². The van der Waals surface area contributed by atoms with Crippen LogP contribution in [0.4, 0.5) is 5.69 Å². The standard InChI is InChI=1S/C20H28N2O13/c1-8(25)21-13-18(35-20-17(29)16(28)14(26)11(6-23)34-20)15(27)12(7-24)33-19(13)32-10-4-2-9(3-5-10)22(30)31/h2-5,11-20,23-24,26-29H,6-7H2,1H3,(H,21,25)/t11-,12-,13-,14+,15-,16+,17-,18-,19+,20+/m1/s1. The van der Waals surface area contributed by atoms with Gasteiger partial charge in [0, 0.05) is 19.1 Å². The van der Waals surface area contributed by atoms with Crippen molar-refractivity contribution in [2.75, 3.05) is 13.2 Å². The van der Waals surface area contributed by atoms with Crippen molar-refractivity contribution in [3.05, 3.63) is 34.4 Å². The number of hydrogen-bond acceptors (Lipinski definition) is 13. The molecule has 2 saturated heterocycles. The van der Waals surface area contributed by atoms with Crippen LogP contribution in [0, 0.1) is 10.1 Å². The maximum atomic E-state index is 11.9. The van der Waals surface area contributed by atoms with Crippen LogP contribution in [0.15, 0.2) is 24.3 Å². The topological polar surface area (TPSA) is 231 Å². The fraction of sp³-hybridized carbons (Fsp3) is 0.650. The molecule has 35 heavy (non-hydrogen) atoms. The first-order valence-corrected chi connectivity index (χ1v) is 10.7. The van der Waals surface area contributed by atoms with Gasteiger partial charge in [0.25, 0.3) is 5.69 Å². The summed E-state index contributed by atoms with van der Waals surface area (Å²) in [5.74, 6) is -0.497. The molecule has 196 valence electrons. The Morgan fingerprint density at radius 3 is 2.09 bits per heavy atom. The number of nitrogens with zero attached hydrogens (tertiary/aromatic N) is 1. The maximum absolute atomic E-state index is 11.9. The number of nitro benzene ring substituents is 1. The number of aliphatic hydroxyl groups is 6. The van der Waals surface area contributed by atoms with Crippen LogP contribution in [-0.2, 0) is 19.0 Å². The third kappa shape index (κ3) is 6.03. The lowest BCUT2D eigenvalue weighted by Crippen LogP contribution is -2.68. The van der Waals surface area contributed by atoms with E-state index in [0.717, 1.165) is 0 Å². The summed E-state index contributed by atoms with van der Waals surface area (Å²) in [6, 6.07) is 3.63. The van der Waals surface area contributed by atoms with Crippen LogP contribution in [0.2, 0.25) is 0 Å². The zero-order chi connectivity index (χ0) is 25.9. The van der Waals surface area contributed by atoms with Crippen molar-refractivity contribution in [1.82, 2.24) is 5.32 Å². The molecule has 1 amide bonds. The van der Waals surface area contributed by atoms with Gasteiger partial charge in [0.15, 0.2) is 6.29 Å². The number of amides is 1. The van der Waals surface area contributed by atoms with Crippen molar-refractivity contribution in [2.24, 2.45) is 0 Å². The Labute approximate surface area is 198 Å². The molecule has 0 bridgehead atoms. The lowest BCUT2D eigenvalue weighted by atomic mass is 9.95. The minimum Gasteiger partial charge on any atom is -0.463 e. The molecule has 3 rings (SSSR count). The molecule has 15 nitrogen and oxygen atoms in total. The van der Waals surface area contributed by atoms with Crippen molar-refractivity contribution >= 4 is 11.6 Å². The zero-order valence-corrected chi connectivity index (χ0v) is 18.5. The highest BCUT2D eigenvalue weighted by Gasteiger charge is 2.52. The van der Waals surface area contributed by atoms with Crippen LogP contribution in [0.5, 0.6) is 5.75 Å². The van der Waals surface area contributed by atoms with Crippen LogP contribution in [0.3, 0.4) is 0 Å². The molecule has 0 saturated carbocycles. The SMILES string of the molecule is CC(=O)N[C@H]1[C@@H](Oc2ccc([N+](=O)[O-])cc2)O[C@H](CO)[C@@H](O)[C@@H]1O[C@@H]1O[C@H](CO)[C@H](O)[C@H](O)[C@H]1O. The monoisotopic (exact) mass is 504 g/mol. The van der Waals surface area contributed by atoms with Gasteiger partial charge in [-0.2, -0.15) is 0 Å². The largest absolute Gasteiger partial charge is 0.463 e. The van der Waals surface area contributed by atoms with E-state index < -0.39 is 85.4 Å². The number of aliphatic hydroxyl groups excluding tert-OH is 6. The van der Waals surface area contributed by atoms with Gasteiger partial charge in [-0.3, -0.25) is 14.9 Å². The number of carbonyl (C=O) groups excluding carboxylic acids is 1. The number of non-ortho nitro benzene ring substituents is 1. The first-order valence-electron chi connectivity index (χ1n) is 10.7. The number of carbonyl (C=O) groups is 1. The minimum atomic E-state index is -1.80. The second-order valence-corrected chi connectivity index (χ2v) is 8.11. The average Bonchev–Trinajstić information content (AvgIpc) is 2.82. The summed E-state index contributed by atoms with van der Waals surface area (Å²) < 4.78 is 22.3. The van der Waals surface area contributed by atoms with Gasteiger partial charge < -0.3 is 54.9 Å². The van der Waals surface area contributed by atoms with E-state index in [4.69, 9.17) is 18.9 Å². The molecular weight excluding hydrogens is 476 g/mol. The molecule has 7 N–H and O–H groups in total. The number of nitrogens with one attached hydrogen (secondary N) is 1. The normalized spacial score (nSPS) is 37.5. The molecule has 0 aromatic heterocycles. The van der Waals surface area contributed by atoms with Crippen LogP contribution < -0.4 is 10.1 Å². The van der Waals surface area contributed by atoms with E-state index >= 15 is 0 Å². The van der Waals surface area contributed by atoms with Crippen LogP contribution >= 0.6 is 0 Å². The first-order chi connectivity index (χ1) is 16.6. The number of nitro groups is 1. The highest BCUT2D eigenvalue weighted by atomic mass is 16.7. The number of ether oxygens (including phenoxy) is 4. The van der Waals surface area contributed by atoms with Gasteiger partial charge in [-0.05, 0) is 12.1 Å². The summed E-state index contributed by atoms with van der Waals surface area (Å²) in [4.78, 5) is 22.2. The maximum Gasteiger partial charge on any atom is 0.269 e. The fourth-order valence-electron chi connectivity index (χ4n) is 3.83. The summed E-state index contributed by atoms with van der Waals surface area (Å²) in [5.41, 5.74) is -0.201. The first kappa shape index (κ1) is 27.1. The van der Waals surface area contributed by atoms with E-state index in [1.807, 2.05) is 0 Å². The quantitative estimate of drug-likeness (QED) is 0.136. The van der Waals surface area contributed by atoms with Crippen molar-refractivity contribution in [1.29, 1.82) is 0 Å². The van der Waals surface area contributed by atoms with Gasteiger partial charge in [0.2, 0.25) is 12.2 Å². The third-order valence-electron chi connectivity index (χ3n) is 5.66. The smallest absolute Gasteiger partial charge is 0.269 e. The second kappa shape index (κ2) is 11.5. The van der Waals surface area contributed by atoms with Gasteiger partial charge in [-0.15, -0.1) is 0 Å². The number of benzene rings is 1. The van der Waals surface area contributed by atoms with Gasteiger partial charge in [-0.25, -0.2) is 0 Å². The van der Waals surface area contributed by atoms with Gasteiger partial charge in [0.1, 0.15) is 54.5 Å². The lowest BCUT2D eigenvalue weighted by molar-refractivity contribution is -0.384. The summed E-state index contributed by atoms with van der Waals surface area (Å²) in [6.07, 6.45) is -13.9. The molecule has 15 heteroatoms. The Balaban J connectivity index is 1.88. The highest BCUT2D eigenvalue weighted by Crippen LogP contribution is 2.31. The summed E-state index contributed by atoms with van der Waals surface area (Å²) in [7, 11) is 0. The Hall–Kier alpha value is -2.47. The van der Waals surface area contributed by atoms with Gasteiger partial charge >= 0.3 is 0 Å². The number of rotatable bonds is 8. The van der Waals surface area contributed by atoms with E-state index in [2.05, 4.69) is 5.32 Å². The van der Waals surface area contributed by atoms with E-state index in [0.29, 0.717) is 0 Å². The van der Waals surface area contributed by atoms with Crippen molar-refractivity contribution < 1.29 is 59.3 Å². The van der Waals surface area contributed by atoms with Crippen molar-refractivity contribution in [2.45, 2.75) is 68.3 Å². The second-order valence-electron chi connectivity index (χ2n) is 8.11. The predicted molar refractivity (Wildman–Crippen MR) is 112 cm³/mol. The fourth-order valence-corrected chi connectivity index (χ4v) is 3.83. The highest BCUT2D eigenvalue weighted by molar-refractivity contribution is 5.73. The van der Waals surface area contributed by atoms with Gasteiger partial charge in [-0.1, -0.05) is 0 Å². The van der Waals surface area contributed by atoms with Crippen molar-refractivity contribution in [3.63, 3.8) is 0 Å². The molecule has 0 spiro atoms. The molecular formula is C20H28N2O13. The molecule has 2 heterocycles. The van der Waals surface area contributed by atoms with E-state index in [9.17, 15) is 45.5 Å². The van der Waals surface area contributed by atoms with Crippen molar-refractivity contribution in [3.8, 4) is 5.75 Å².